The van der Waals surface area contributed by atoms with Gasteiger partial charge in [-0.25, -0.2) is 9.78 Å². The van der Waals surface area contributed by atoms with E-state index in [-0.39, 0.29) is 11.8 Å². The number of nitrogens with one attached hydrogen (secondary N) is 2. The first kappa shape index (κ1) is 21.8. The van der Waals surface area contributed by atoms with Gasteiger partial charge >= 0.3 is 6.03 Å². The Labute approximate surface area is 188 Å². The zero-order chi connectivity index (χ0) is 23.0. The molecule has 2 N–H and O–H groups in total. The third kappa shape index (κ3) is 3.70. The van der Waals surface area contributed by atoms with Crippen LogP contribution in [-0.4, -0.2) is 53.9 Å². The molecule has 3 heterocycles. The lowest BCUT2D eigenvalue weighted by Crippen LogP contribution is -2.49. The van der Waals surface area contributed by atoms with Crippen molar-refractivity contribution in [3.63, 3.8) is 0 Å². The summed E-state index contributed by atoms with van der Waals surface area (Å²) < 4.78 is 0. The van der Waals surface area contributed by atoms with E-state index in [0.717, 1.165) is 30.2 Å². The Morgan fingerprint density at radius 1 is 1.03 bits per heavy atom. The molecular weight excluding hydrogens is 406 g/mol. The molecule has 0 unspecified atom stereocenters. The molecule has 0 saturated carbocycles. The van der Waals surface area contributed by atoms with Crippen LogP contribution in [0.4, 0.5) is 10.6 Å². The topological polar surface area (TPSA) is 94.6 Å². The highest BCUT2D eigenvalue weighted by molar-refractivity contribution is 6.07. The number of rotatable bonds is 4. The minimum atomic E-state index is -1.08. The number of carbonyl (C=O) groups is 3. The number of aromatic nitrogens is 1. The molecule has 0 spiro atoms. The third-order valence-corrected chi connectivity index (χ3v) is 6.59. The van der Waals surface area contributed by atoms with E-state index >= 15 is 0 Å². The summed E-state index contributed by atoms with van der Waals surface area (Å²) in [5.74, 6) is 0.591. The number of amides is 4. The van der Waals surface area contributed by atoms with Gasteiger partial charge in [-0.05, 0) is 56.0 Å². The van der Waals surface area contributed by atoms with Gasteiger partial charge in [-0.3, -0.25) is 14.9 Å². The summed E-state index contributed by atoms with van der Waals surface area (Å²) >= 11 is 0. The molecule has 1 aromatic heterocycles. The SMILES string of the molecule is CC[C@@]1(c2ccc(C(=O)N3CCN(c4nc(C)c(C)cc4C)CC3)cc2)NC(=O)NC1=O. The van der Waals surface area contributed by atoms with E-state index in [2.05, 4.69) is 35.4 Å². The van der Waals surface area contributed by atoms with E-state index in [1.807, 2.05) is 18.7 Å². The first-order valence-corrected chi connectivity index (χ1v) is 11.0. The molecule has 2 fully saturated rings. The molecule has 0 aliphatic carbocycles. The summed E-state index contributed by atoms with van der Waals surface area (Å²) in [7, 11) is 0. The van der Waals surface area contributed by atoms with Gasteiger partial charge in [-0.1, -0.05) is 25.1 Å². The average molecular weight is 436 g/mol. The summed E-state index contributed by atoms with van der Waals surface area (Å²) in [5.41, 5.74) is 3.52. The van der Waals surface area contributed by atoms with Gasteiger partial charge in [-0.2, -0.15) is 0 Å². The molecule has 2 aliphatic heterocycles. The predicted octanol–water partition coefficient (Wildman–Crippen LogP) is 2.41. The molecule has 4 amide bonds. The molecule has 2 aliphatic rings. The van der Waals surface area contributed by atoms with Gasteiger partial charge in [0, 0.05) is 37.4 Å². The van der Waals surface area contributed by atoms with Crippen molar-refractivity contribution in [1.82, 2.24) is 20.5 Å². The van der Waals surface area contributed by atoms with E-state index in [4.69, 9.17) is 4.98 Å². The van der Waals surface area contributed by atoms with Crippen molar-refractivity contribution in [1.29, 1.82) is 0 Å². The minimum absolute atomic E-state index is 0.0357. The van der Waals surface area contributed by atoms with Gasteiger partial charge in [-0.15, -0.1) is 0 Å². The van der Waals surface area contributed by atoms with E-state index in [1.165, 1.54) is 5.56 Å². The number of benzene rings is 1. The van der Waals surface area contributed by atoms with Crippen LogP contribution in [0.3, 0.4) is 0 Å². The van der Waals surface area contributed by atoms with E-state index in [1.54, 1.807) is 24.3 Å². The fraction of sp³-hybridized carbons (Fsp3) is 0.417. The van der Waals surface area contributed by atoms with Crippen molar-refractivity contribution in [3.05, 3.63) is 58.3 Å². The standard InChI is InChI=1S/C24H29N5O3/c1-5-24(22(31)26-23(32)27-24)19-8-6-18(7-9-19)21(30)29-12-10-28(11-13-29)20-16(3)14-15(2)17(4)25-20/h6-9,14H,5,10-13H2,1-4H3,(H2,26,27,31,32)/t24-/m0/s1. The number of nitrogens with zero attached hydrogens (tertiary/aromatic N) is 3. The van der Waals surface area contributed by atoms with E-state index in [9.17, 15) is 14.4 Å². The molecule has 1 atom stereocenters. The third-order valence-electron chi connectivity index (χ3n) is 6.59. The van der Waals surface area contributed by atoms with Gasteiger partial charge in [0.05, 0.1) is 0 Å². The Hall–Kier alpha value is -3.42. The highest BCUT2D eigenvalue weighted by atomic mass is 16.2. The zero-order valence-electron chi connectivity index (χ0n) is 19.0. The van der Waals surface area contributed by atoms with Crippen LogP contribution in [0.1, 0.15) is 46.1 Å². The van der Waals surface area contributed by atoms with Crippen LogP contribution in [-0.2, 0) is 10.3 Å². The number of hydrogen-bond donors (Lipinski definition) is 2. The molecule has 168 valence electrons. The fourth-order valence-electron chi connectivity index (χ4n) is 4.50. The number of urea groups is 1. The van der Waals surface area contributed by atoms with Crippen LogP contribution in [0, 0.1) is 20.8 Å². The smallest absolute Gasteiger partial charge is 0.322 e. The molecule has 8 heteroatoms. The van der Waals surface area contributed by atoms with Crippen LogP contribution in [0.5, 0.6) is 0 Å². The summed E-state index contributed by atoms with van der Waals surface area (Å²) in [4.78, 5) is 45.9. The van der Waals surface area contributed by atoms with Crippen LogP contribution in [0.2, 0.25) is 0 Å². The number of piperazine rings is 1. The summed E-state index contributed by atoms with van der Waals surface area (Å²) in [6.07, 6.45) is 0.422. The van der Waals surface area contributed by atoms with Crippen molar-refractivity contribution in [2.24, 2.45) is 0 Å². The fourth-order valence-corrected chi connectivity index (χ4v) is 4.50. The second-order valence-corrected chi connectivity index (χ2v) is 8.55. The first-order valence-electron chi connectivity index (χ1n) is 11.0. The molecule has 0 bridgehead atoms. The molecule has 2 aromatic rings. The summed E-state index contributed by atoms with van der Waals surface area (Å²) in [6, 6.07) is 8.62. The average Bonchev–Trinajstić information content (AvgIpc) is 3.10. The van der Waals surface area contributed by atoms with Crippen molar-refractivity contribution >= 4 is 23.7 Å². The van der Waals surface area contributed by atoms with Crippen LogP contribution < -0.4 is 15.5 Å². The first-order chi connectivity index (χ1) is 15.2. The lowest BCUT2D eigenvalue weighted by Gasteiger charge is -2.36. The lowest BCUT2D eigenvalue weighted by molar-refractivity contribution is -0.124. The number of aryl methyl sites for hydroxylation is 3. The summed E-state index contributed by atoms with van der Waals surface area (Å²) in [6.45, 7) is 10.7. The van der Waals surface area contributed by atoms with Crippen LogP contribution in [0.25, 0.3) is 0 Å². The largest absolute Gasteiger partial charge is 0.353 e. The Morgan fingerprint density at radius 2 is 1.69 bits per heavy atom. The van der Waals surface area contributed by atoms with E-state index < -0.39 is 11.6 Å². The number of pyridine rings is 1. The highest BCUT2D eigenvalue weighted by Crippen LogP contribution is 2.29. The maximum atomic E-state index is 13.0. The summed E-state index contributed by atoms with van der Waals surface area (Å²) in [5, 5.41) is 5.02. The van der Waals surface area contributed by atoms with Crippen LogP contribution >= 0.6 is 0 Å². The monoisotopic (exact) mass is 435 g/mol. The van der Waals surface area contributed by atoms with Gasteiger partial charge < -0.3 is 15.1 Å². The molecule has 32 heavy (non-hydrogen) atoms. The second-order valence-electron chi connectivity index (χ2n) is 8.55. The van der Waals surface area contributed by atoms with Gasteiger partial charge in [0.15, 0.2) is 0 Å². The molecule has 4 rings (SSSR count). The normalized spacial score (nSPS) is 20.9. The molecule has 0 radical (unpaired) electrons. The zero-order valence-corrected chi connectivity index (χ0v) is 19.0. The van der Waals surface area contributed by atoms with Crippen molar-refractivity contribution in [3.8, 4) is 0 Å². The quantitative estimate of drug-likeness (QED) is 0.720. The molecular formula is C24H29N5O3. The Bertz CT molecular complexity index is 1070. The van der Waals surface area contributed by atoms with Gasteiger partial charge in [0.2, 0.25) is 0 Å². The Kier molecular flexibility index (Phi) is 5.62. The van der Waals surface area contributed by atoms with Gasteiger partial charge in [0.1, 0.15) is 11.4 Å². The van der Waals surface area contributed by atoms with Gasteiger partial charge in [0.25, 0.3) is 11.8 Å². The Morgan fingerprint density at radius 3 is 2.25 bits per heavy atom. The number of anilines is 1. The predicted molar refractivity (Wildman–Crippen MR) is 122 cm³/mol. The number of hydrogen-bond acceptors (Lipinski definition) is 5. The maximum absolute atomic E-state index is 13.0. The second kappa shape index (κ2) is 8.26. The highest BCUT2D eigenvalue weighted by Gasteiger charge is 2.46. The van der Waals surface area contributed by atoms with Crippen molar-refractivity contribution < 1.29 is 14.4 Å². The van der Waals surface area contributed by atoms with E-state index in [0.29, 0.717) is 30.6 Å². The number of imide groups is 1. The molecule has 8 nitrogen and oxygen atoms in total. The van der Waals surface area contributed by atoms with Crippen molar-refractivity contribution in [2.45, 2.75) is 39.7 Å². The van der Waals surface area contributed by atoms with Crippen molar-refractivity contribution in [2.75, 3.05) is 31.1 Å². The minimum Gasteiger partial charge on any atom is -0.353 e. The number of carbonyl (C=O) groups excluding carboxylic acids is 3. The molecule has 1 aromatic carbocycles. The maximum Gasteiger partial charge on any atom is 0.322 e. The Balaban J connectivity index is 1.44. The van der Waals surface area contributed by atoms with Crippen LogP contribution in [0.15, 0.2) is 30.3 Å². The lowest BCUT2D eigenvalue weighted by atomic mass is 9.87. The molecule has 2 saturated heterocycles.